The van der Waals surface area contributed by atoms with Crippen LogP contribution in [0.3, 0.4) is 0 Å². The highest BCUT2D eigenvalue weighted by molar-refractivity contribution is 7.89. The lowest BCUT2D eigenvalue weighted by Gasteiger charge is -2.34. The predicted molar refractivity (Wildman–Crippen MR) is 163 cm³/mol. The number of aryl methyl sites for hydroxylation is 1. The summed E-state index contributed by atoms with van der Waals surface area (Å²) < 4.78 is 27.5. The zero-order valence-electron chi connectivity index (χ0n) is 24.3. The minimum Gasteiger partial charge on any atom is -0.348 e. The Hall–Kier alpha value is -3.04. The Morgan fingerprint density at radius 2 is 1.24 bits per heavy atom. The van der Waals surface area contributed by atoms with Gasteiger partial charge in [-0.25, -0.2) is 8.42 Å². The SMILES string of the molecule is Cc1ccc(S(=O)(=O)N2CCN(Cc3ccc(C(=O)NCc4ccc(CN5CCC(C)CC5)cc4)cc3)CC2)cc1. The highest BCUT2D eigenvalue weighted by Crippen LogP contribution is 2.20. The lowest BCUT2D eigenvalue weighted by Crippen LogP contribution is -2.48. The van der Waals surface area contributed by atoms with Crippen LogP contribution in [0, 0.1) is 12.8 Å². The van der Waals surface area contributed by atoms with Crippen molar-refractivity contribution in [1.82, 2.24) is 19.4 Å². The summed E-state index contributed by atoms with van der Waals surface area (Å²) >= 11 is 0. The van der Waals surface area contributed by atoms with E-state index in [9.17, 15) is 13.2 Å². The van der Waals surface area contributed by atoms with Crippen LogP contribution in [0.2, 0.25) is 0 Å². The van der Waals surface area contributed by atoms with E-state index in [1.54, 1.807) is 16.4 Å². The number of benzene rings is 3. The second kappa shape index (κ2) is 13.3. The van der Waals surface area contributed by atoms with Gasteiger partial charge in [0.15, 0.2) is 0 Å². The maximum Gasteiger partial charge on any atom is 0.251 e. The predicted octanol–water partition coefficient (Wildman–Crippen LogP) is 4.66. The van der Waals surface area contributed by atoms with Crippen molar-refractivity contribution in [3.05, 3.63) is 101 Å². The maximum atomic E-state index is 13.0. The van der Waals surface area contributed by atoms with E-state index < -0.39 is 10.0 Å². The lowest BCUT2D eigenvalue weighted by atomic mass is 9.99. The topological polar surface area (TPSA) is 73.0 Å². The van der Waals surface area contributed by atoms with E-state index in [2.05, 4.69) is 46.3 Å². The van der Waals surface area contributed by atoms with Crippen molar-refractivity contribution in [2.24, 2.45) is 5.92 Å². The number of nitrogens with zero attached hydrogens (tertiary/aromatic N) is 3. The summed E-state index contributed by atoms with van der Waals surface area (Å²) in [4.78, 5) is 17.9. The Bertz CT molecular complexity index is 1390. The molecule has 41 heavy (non-hydrogen) atoms. The van der Waals surface area contributed by atoms with Crippen molar-refractivity contribution >= 4 is 15.9 Å². The van der Waals surface area contributed by atoms with Gasteiger partial charge in [0.1, 0.15) is 0 Å². The van der Waals surface area contributed by atoms with Crippen molar-refractivity contribution in [3.8, 4) is 0 Å². The van der Waals surface area contributed by atoms with E-state index in [1.807, 2.05) is 43.3 Å². The average molecular weight is 575 g/mol. The maximum absolute atomic E-state index is 13.0. The van der Waals surface area contributed by atoms with Gasteiger partial charge in [0.2, 0.25) is 10.0 Å². The number of carbonyl (C=O) groups is 1. The molecule has 0 aliphatic carbocycles. The minimum atomic E-state index is -3.47. The molecule has 2 saturated heterocycles. The number of sulfonamides is 1. The Morgan fingerprint density at radius 1 is 0.732 bits per heavy atom. The lowest BCUT2D eigenvalue weighted by molar-refractivity contribution is 0.0951. The summed E-state index contributed by atoms with van der Waals surface area (Å²) in [5, 5.41) is 3.04. The van der Waals surface area contributed by atoms with E-state index in [0.29, 0.717) is 43.2 Å². The summed E-state index contributed by atoms with van der Waals surface area (Å²) in [5.74, 6) is 0.755. The Labute approximate surface area is 245 Å². The number of hydrogen-bond acceptors (Lipinski definition) is 5. The standard InChI is InChI=1S/C33H42N4O3S/c1-26-3-13-32(14-4-26)41(39,40)37-21-19-36(20-22-37)25-30-9-11-31(12-10-30)33(38)34-23-28-5-7-29(8-6-28)24-35-17-15-27(2)16-18-35/h3-14,27H,15-25H2,1-2H3,(H,34,38). The number of hydrogen-bond donors (Lipinski definition) is 1. The van der Waals surface area contributed by atoms with Crippen LogP contribution in [-0.4, -0.2) is 67.7 Å². The first kappa shape index (κ1) is 29.5. The molecule has 0 spiro atoms. The second-order valence-corrected chi connectivity index (χ2v) is 13.6. The number of piperazine rings is 1. The summed E-state index contributed by atoms with van der Waals surface area (Å²) in [6.45, 7) is 11.1. The van der Waals surface area contributed by atoms with Crippen molar-refractivity contribution in [2.75, 3.05) is 39.3 Å². The van der Waals surface area contributed by atoms with Gasteiger partial charge in [-0.2, -0.15) is 4.31 Å². The fourth-order valence-electron chi connectivity index (χ4n) is 5.53. The average Bonchev–Trinajstić information content (AvgIpc) is 2.99. The van der Waals surface area contributed by atoms with Gasteiger partial charge in [-0.3, -0.25) is 14.6 Å². The first-order valence-electron chi connectivity index (χ1n) is 14.7. The van der Waals surface area contributed by atoms with Crippen LogP contribution in [0.1, 0.15) is 52.4 Å². The van der Waals surface area contributed by atoms with E-state index in [1.165, 1.54) is 31.5 Å². The molecule has 0 saturated carbocycles. The molecule has 3 aromatic carbocycles. The fourth-order valence-corrected chi connectivity index (χ4v) is 6.95. The molecule has 5 rings (SSSR count). The van der Waals surface area contributed by atoms with Crippen LogP contribution < -0.4 is 5.32 Å². The molecule has 0 aromatic heterocycles. The molecule has 0 bridgehead atoms. The van der Waals surface area contributed by atoms with Gasteiger partial charge in [0, 0.05) is 51.4 Å². The van der Waals surface area contributed by atoms with Gasteiger partial charge >= 0.3 is 0 Å². The fraction of sp³-hybridized carbons (Fsp3) is 0.424. The molecule has 8 heteroatoms. The van der Waals surface area contributed by atoms with Crippen LogP contribution in [0.25, 0.3) is 0 Å². The second-order valence-electron chi connectivity index (χ2n) is 11.6. The van der Waals surface area contributed by atoms with Gasteiger partial charge in [0.25, 0.3) is 5.91 Å². The van der Waals surface area contributed by atoms with Crippen molar-refractivity contribution in [2.45, 2.75) is 51.2 Å². The molecule has 2 aliphatic heterocycles. The first-order chi connectivity index (χ1) is 19.8. The van der Waals surface area contributed by atoms with E-state index in [-0.39, 0.29) is 5.91 Å². The van der Waals surface area contributed by atoms with Crippen molar-refractivity contribution < 1.29 is 13.2 Å². The third-order valence-electron chi connectivity index (χ3n) is 8.37. The molecule has 218 valence electrons. The van der Waals surface area contributed by atoms with Gasteiger partial charge in [-0.15, -0.1) is 0 Å². The summed E-state index contributed by atoms with van der Waals surface area (Å²) in [6.07, 6.45) is 2.56. The normalized spacial score (nSPS) is 17.9. The Morgan fingerprint density at radius 3 is 1.83 bits per heavy atom. The first-order valence-corrected chi connectivity index (χ1v) is 16.2. The number of piperidine rings is 1. The molecule has 2 heterocycles. The van der Waals surface area contributed by atoms with Gasteiger partial charge in [-0.05, 0) is 79.7 Å². The van der Waals surface area contributed by atoms with Crippen LogP contribution >= 0.6 is 0 Å². The van der Waals surface area contributed by atoms with Gasteiger partial charge in [-0.1, -0.05) is 61.0 Å². The summed E-state index contributed by atoms with van der Waals surface area (Å²) in [6, 6.07) is 23.3. The molecule has 1 N–H and O–H groups in total. The Kier molecular flexibility index (Phi) is 9.55. The smallest absolute Gasteiger partial charge is 0.251 e. The molecule has 2 aliphatic rings. The van der Waals surface area contributed by atoms with Gasteiger partial charge in [0.05, 0.1) is 4.90 Å². The largest absolute Gasteiger partial charge is 0.348 e. The molecule has 3 aromatic rings. The Balaban J connectivity index is 1.06. The number of likely N-dealkylation sites (tertiary alicyclic amines) is 1. The number of nitrogens with one attached hydrogen (secondary N) is 1. The van der Waals surface area contributed by atoms with E-state index in [4.69, 9.17) is 0 Å². The number of amides is 1. The summed E-state index contributed by atoms with van der Waals surface area (Å²) in [7, 11) is -3.47. The van der Waals surface area contributed by atoms with Crippen LogP contribution in [0.4, 0.5) is 0 Å². The molecule has 2 fully saturated rings. The van der Waals surface area contributed by atoms with Crippen LogP contribution in [0.15, 0.2) is 77.7 Å². The van der Waals surface area contributed by atoms with Crippen LogP contribution in [-0.2, 0) is 29.7 Å². The van der Waals surface area contributed by atoms with Gasteiger partial charge < -0.3 is 5.32 Å². The zero-order valence-corrected chi connectivity index (χ0v) is 25.1. The summed E-state index contributed by atoms with van der Waals surface area (Å²) in [5.41, 5.74) is 5.20. The molecular weight excluding hydrogens is 532 g/mol. The highest BCUT2D eigenvalue weighted by Gasteiger charge is 2.28. The molecular formula is C33H42N4O3S. The third kappa shape index (κ3) is 7.83. The van der Waals surface area contributed by atoms with E-state index >= 15 is 0 Å². The van der Waals surface area contributed by atoms with Crippen LogP contribution in [0.5, 0.6) is 0 Å². The number of carbonyl (C=O) groups excluding carboxylic acids is 1. The molecule has 1 amide bonds. The highest BCUT2D eigenvalue weighted by atomic mass is 32.2. The molecule has 0 atom stereocenters. The third-order valence-corrected chi connectivity index (χ3v) is 10.3. The van der Waals surface area contributed by atoms with Crippen molar-refractivity contribution in [3.63, 3.8) is 0 Å². The minimum absolute atomic E-state index is 0.0852. The zero-order chi connectivity index (χ0) is 28.8. The monoisotopic (exact) mass is 574 g/mol. The van der Waals surface area contributed by atoms with E-state index in [0.717, 1.165) is 35.7 Å². The number of rotatable bonds is 9. The molecule has 0 radical (unpaired) electrons. The quantitative estimate of drug-likeness (QED) is 0.403. The molecule has 7 nitrogen and oxygen atoms in total. The van der Waals surface area contributed by atoms with Crippen molar-refractivity contribution in [1.29, 1.82) is 0 Å². The molecule has 0 unspecified atom stereocenters.